The summed E-state index contributed by atoms with van der Waals surface area (Å²) in [6.45, 7) is 0. The number of hydrogen-bond donors (Lipinski definition) is 0. The second kappa shape index (κ2) is 4.32. The van der Waals surface area contributed by atoms with E-state index in [1.807, 2.05) is 0 Å². The van der Waals surface area contributed by atoms with E-state index in [-0.39, 0.29) is 35.5 Å². The summed E-state index contributed by atoms with van der Waals surface area (Å²) in [5, 5.41) is 0.511. The van der Waals surface area contributed by atoms with Crippen LogP contribution in [0.4, 0.5) is 0 Å². The Morgan fingerprint density at radius 3 is 2.00 bits per heavy atom. The Hall–Kier alpha value is -1.94. The van der Waals surface area contributed by atoms with E-state index in [2.05, 4.69) is 12.2 Å². The summed E-state index contributed by atoms with van der Waals surface area (Å²) >= 11 is 5.83. The Bertz CT molecular complexity index is 748. The van der Waals surface area contributed by atoms with Crippen molar-refractivity contribution in [3.8, 4) is 0 Å². The smallest absolute Gasteiger partial charge is 0.267 e. The van der Waals surface area contributed by atoms with Gasteiger partial charge in [-0.1, -0.05) is 23.8 Å². The minimum Gasteiger partial charge on any atom is -0.274 e. The predicted octanol–water partition coefficient (Wildman–Crippen LogP) is 2.53. The molecular formula is C18H14ClNO3. The fourth-order valence-corrected chi connectivity index (χ4v) is 5.00. The third kappa shape index (κ3) is 1.65. The molecule has 2 bridgehead atoms. The Morgan fingerprint density at radius 2 is 1.48 bits per heavy atom. The quantitative estimate of drug-likeness (QED) is 0.588. The van der Waals surface area contributed by atoms with Crippen molar-refractivity contribution in [1.29, 1.82) is 0 Å². The molecule has 1 aliphatic heterocycles. The Labute approximate surface area is 138 Å². The van der Waals surface area contributed by atoms with Crippen molar-refractivity contribution in [2.45, 2.75) is 6.42 Å². The van der Waals surface area contributed by atoms with Gasteiger partial charge in [0.25, 0.3) is 5.91 Å². The van der Waals surface area contributed by atoms with E-state index in [1.165, 1.54) is 0 Å². The molecule has 1 aromatic carbocycles. The third-order valence-electron chi connectivity index (χ3n) is 5.96. The van der Waals surface area contributed by atoms with Crippen LogP contribution in [0.25, 0.3) is 0 Å². The van der Waals surface area contributed by atoms with Gasteiger partial charge in [0, 0.05) is 10.6 Å². The first-order valence-corrected chi connectivity index (χ1v) is 8.32. The SMILES string of the molecule is O=C(c1ccc(Cl)cc1)N1C(=O)[C@@H]2[C@H]3C=C[C@@H]([C@@H]4C[C@@H]34)[C@@H]2C1=O. The summed E-state index contributed by atoms with van der Waals surface area (Å²) in [6.07, 6.45) is 5.31. The van der Waals surface area contributed by atoms with Crippen molar-refractivity contribution in [3.05, 3.63) is 47.0 Å². The van der Waals surface area contributed by atoms with Crippen molar-refractivity contribution in [2.24, 2.45) is 35.5 Å². The van der Waals surface area contributed by atoms with Crippen LogP contribution in [0.2, 0.25) is 5.02 Å². The minimum atomic E-state index is -0.529. The molecule has 5 heteroatoms. The zero-order valence-electron chi connectivity index (χ0n) is 12.2. The van der Waals surface area contributed by atoms with Crippen molar-refractivity contribution in [3.63, 3.8) is 0 Å². The fourth-order valence-electron chi connectivity index (χ4n) is 4.88. The van der Waals surface area contributed by atoms with Gasteiger partial charge in [0.1, 0.15) is 0 Å². The van der Waals surface area contributed by atoms with Crippen LogP contribution in [0.5, 0.6) is 0 Å². The van der Waals surface area contributed by atoms with Crippen LogP contribution in [-0.2, 0) is 9.59 Å². The van der Waals surface area contributed by atoms with Gasteiger partial charge in [-0.05, 0) is 54.4 Å². The molecule has 1 saturated heterocycles. The molecule has 4 aliphatic carbocycles. The average molecular weight is 328 g/mol. The molecular weight excluding hydrogens is 314 g/mol. The molecule has 0 radical (unpaired) electrons. The maximum absolute atomic E-state index is 12.8. The summed E-state index contributed by atoms with van der Waals surface area (Å²) in [5.41, 5.74) is 0.320. The lowest BCUT2D eigenvalue weighted by atomic mass is 9.63. The van der Waals surface area contributed by atoms with Crippen molar-refractivity contribution in [1.82, 2.24) is 4.90 Å². The van der Waals surface area contributed by atoms with Crippen LogP contribution in [-0.4, -0.2) is 22.6 Å². The molecule has 116 valence electrons. The molecule has 6 atom stereocenters. The molecule has 0 unspecified atom stereocenters. The highest BCUT2D eigenvalue weighted by atomic mass is 35.5. The number of amides is 3. The summed E-state index contributed by atoms with van der Waals surface area (Å²) in [6, 6.07) is 6.29. The van der Waals surface area contributed by atoms with E-state index in [0.717, 1.165) is 11.3 Å². The highest BCUT2D eigenvalue weighted by Crippen LogP contribution is 2.65. The van der Waals surface area contributed by atoms with Crippen molar-refractivity contribution >= 4 is 29.3 Å². The summed E-state index contributed by atoms with van der Waals surface area (Å²) in [7, 11) is 0. The van der Waals surface area contributed by atoms with Crippen molar-refractivity contribution < 1.29 is 14.4 Å². The van der Waals surface area contributed by atoms with Gasteiger partial charge in [-0.15, -0.1) is 0 Å². The van der Waals surface area contributed by atoms with Gasteiger partial charge in [0.05, 0.1) is 11.8 Å². The Kier molecular flexibility index (Phi) is 2.54. The van der Waals surface area contributed by atoms with E-state index >= 15 is 0 Å². The van der Waals surface area contributed by atoms with Crippen LogP contribution < -0.4 is 0 Å². The zero-order valence-corrected chi connectivity index (χ0v) is 12.9. The van der Waals surface area contributed by atoms with Crippen LogP contribution in [0.3, 0.4) is 0 Å². The van der Waals surface area contributed by atoms with E-state index in [4.69, 9.17) is 11.6 Å². The fraction of sp³-hybridized carbons (Fsp3) is 0.389. The van der Waals surface area contributed by atoms with Gasteiger partial charge in [-0.2, -0.15) is 0 Å². The molecule has 0 spiro atoms. The summed E-state index contributed by atoms with van der Waals surface area (Å²) in [4.78, 5) is 39.2. The number of carbonyl (C=O) groups excluding carboxylic acids is 3. The Morgan fingerprint density at radius 1 is 0.957 bits per heavy atom. The molecule has 1 heterocycles. The van der Waals surface area contributed by atoms with Crippen molar-refractivity contribution in [2.75, 3.05) is 0 Å². The monoisotopic (exact) mass is 327 g/mol. The standard InChI is InChI=1S/C18H14ClNO3/c19-9-3-1-8(2-4-9)16(21)20-17(22)14-10-5-6-11(13-7-12(10)13)15(14)18(20)23/h1-6,10-15H,7H2/t10-,11-,12-,13-,14-,15+/m0/s1. The molecule has 0 N–H and O–H groups in total. The number of allylic oxidation sites excluding steroid dienone is 2. The highest BCUT2D eigenvalue weighted by Gasteiger charge is 2.67. The lowest BCUT2D eigenvalue weighted by Crippen LogP contribution is -2.40. The van der Waals surface area contributed by atoms with Crippen LogP contribution >= 0.6 is 11.6 Å². The van der Waals surface area contributed by atoms with Gasteiger partial charge >= 0.3 is 0 Å². The second-order valence-corrected chi connectivity index (χ2v) is 7.41. The van der Waals surface area contributed by atoms with Gasteiger partial charge in [-0.25, -0.2) is 4.90 Å². The molecule has 3 fully saturated rings. The van der Waals surface area contributed by atoms with Gasteiger partial charge in [0.2, 0.25) is 11.8 Å². The van der Waals surface area contributed by atoms with E-state index < -0.39 is 5.91 Å². The Balaban J connectivity index is 1.52. The summed E-state index contributed by atoms with van der Waals surface area (Å²) < 4.78 is 0. The van der Waals surface area contributed by atoms with E-state index in [9.17, 15) is 14.4 Å². The molecule has 5 aliphatic rings. The highest BCUT2D eigenvalue weighted by molar-refractivity contribution is 6.30. The maximum atomic E-state index is 12.8. The number of benzene rings is 1. The van der Waals surface area contributed by atoms with E-state index in [0.29, 0.717) is 22.4 Å². The molecule has 6 rings (SSSR count). The summed E-state index contributed by atoms with van der Waals surface area (Å²) in [5.74, 6) is -0.491. The first kappa shape index (κ1) is 13.5. The largest absolute Gasteiger partial charge is 0.274 e. The van der Waals surface area contributed by atoms with Gasteiger partial charge in [-0.3, -0.25) is 14.4 Å². The number of hydrogen-bond acceptors (Lipinski definition) is 3. The van der Waals surface area contributed by atoms with Gasteiger partial charge < -0.3 is 0 Å². The lowest BCUT2D eigenvalue weighted by molar-refractivity contribution is -0.136. The number of rotatable bonds is 1. The topological polar surface area (TPSA) is 54.5 Å². The second-order valence-electron chi connectivity index (χ2n) is 6.98. The molecule has 1 aromatic rings. The predicted molar refractivity (Wildman–Crippen MR) is 82.3 cm³/mol. The molecule has 2 saturated carbocycles. The van der Waals surface area contributed by atoms with E-state index in [1.54, 1.807) is 24.3 Å². The number of nitrogens with zero attached hydrogens (tertiary/aromatic N) is 1. The number of carbonyl (C=O) groups is 3. The van der Waals surface area contributed by atoms with Gasteiger partial charge in [0.15, 0.2) is 0 Å². The number of likely N-dealkylation sites (tertiary alicyclic amines) is 1. The first-order valence-electron chi connectivity index (χ1n) is 7.94. The van der Waals surface area contributed by atoms with Crippen LogP contribution in [0.1, 0.15) is 16.8 Å². The maximum Gasteiger partial charge on any atom is 0.267 e. The molecule has 23 heavy (non-hydrogen) atoms. The lowest BCUT2D eigenvalue weighted by Gasteiger charge is -2.37. The normalized spacial score (nSPS) is 39.4. The first-order chi connectivity index (χ1) is 11.1. The van der Waals surface area contributed by atoms with Crippen LogP contribution in [0.15, 0.2) is 36.4 Å². The average Bonchev–Trinajstić information content (AvgIpc) is 3.32. The third-order valence-corrected chi connectivity index (χ3v) is 6.21. The zero-order chi connectivity index (χ0) is 15.9. The molecule has 0 aromatic heterocycles. The number of halogens is 1. The number of imide groups is 3. The minimum absolute atomic E-state index is 0.134. The van der Waals surface area contributed by atoms with Crippen LogP contribution in [0, 0.1) is 35.5 Å². The molecule has 4 nitrogen and oxygen atoms in total. The molecule has 3 amide bonds.